The number of hydrogen-bond acceptors (Lipinski definition) is 3. The van der Waals surface area contributed by atoms with Crippen LogP contribution >= 0.6 is 11.8 Å². The highest BCUT2D eigenvalue weighted by molar-refractivity contribution is 7.98. The minimum atomic E-state index is -1.67. The molecule has 1 aromatic rings. The van der Waals surface area contributed by atoms with E-state index in [1.165, 1.54) is 4.90 Å². The second-order valence-corrected chi connectivity index (χ2v) is 9.85. The van der Waals surface area contributed by atoms with Crippen molar-refractivity contribution in [2.45, 2.75) is 30.6 Å². The van der Waals surface area contributed by atoms with Crippen LogP contribution in [-0.2, 0) is 4.43 Å². The van der Waals surface area contributed by atoms with E-state index in [1.54, 1.807) is 11.8 Å². The van der Waals surface area contributed by atoms with Crippen LogP contribution in [0.4, 0.5) is 0 Å². The van der Waals surface area contributed by atoms with E-state index in [2.05, 4.69) is 25.7 Å². The molecule has 0 spiro atoms. The van der Waals surface area contributed by atoms with Crippen LogP contribution in [0, 0.1) is 11.3 Å². The highest BCUT2D eigenvalue weighted by Gasteiger charge is 2.21. The lowest BCUT2D eigenvalue weighted by Crippen LogP contribution is -2.27. The molecule has 0 aliphatic carbocycles. The Hall–Kier alpha value is -0.763. The summed E-state index contributed by atoms with van der Waals surface area (Å²) in [4.78, 5) is 1.20. The maximum Gasteiger partial charge on any atom is 0.186 e. The van der Waals surface area contributed by atoms with Gasteiger partial charge in [-0.25, -0.2) is 0 Å². The number of rotatable bonds is 4. The van der Waals surface area contributed by atoms with E-state index in [0.29, 0.717) is 0 Å². The van der Waals surface area contributed by atoms with Crippen molar-refractivity contribution in [3.63, 3.8) is 0 Å². The van der Waals surface area contributed by atoms with Crippen LogP contribution in [0.15, 0.2) is 29.2 Å². The number of nitriles is 1. The van der Waals surface area contributed by atoms with Gasteiger partial charge in [0.2, 0.25) is 0 Å². The van der Waals surface area contributed by atoms with Gasteiger partial charge in [0.25, 0.3) is 0 Å². The first-order valence-electron chi connectivity index (χ1n) is 5.17. The standard InChI is InChI=1S/C12H17NOSSi/c1-15-11-7-5-10(6-8-11)12(9-13)14-16(2,3)4/h5-8,12H,1-4H3. The van der Waals surface area contributed by atoms with Gasteiger partial charge in [-0.1, -0.05) is 12.1 Å². The summed E-state index contributed by atoms with van der Waals surface area (Å²) in [6, 6.07) is 10.2. The van der Waals surface area contributed by atoms with E-state index in [9.17, 15) is 0 Å². The van der Waals surface area contributed by atoms with Gasteiger partial charge in [-0.15, -0.1) is 11.8 Å². The zero-order valence-electron chi connectivity index (χ0n) is 10.2. The zero-order valence-corrected chi connectivity index (χ0v) is 12.0. The van der Waals surface area contributed by atoms with Crippen molar-refractivity contribution in [1.29, 1.82) is 5.26 Å². The summed E-state index contributed by atoms with van der Waals surface area (Å²) in [5, 5.41) is 9.11. The fourth-order valence-electron chi connectivity index (χ4n) is 1.30. The Morgan fingerprint density at radius 2 is 1.81 bits per heavy atom. The Labute approximate surface area is 103 Å². The molecule has 0 heterocycles. The van der Waals surface area contributed by atoms with Crippen LogP contribution in [0.3, 0.4) is 0 Å². The van der Waals surface area contributed by atoms with E-state index < -0.39 is 14.4 Å². The minimum Gasteiger partial charge on any atom is -0.399 e. The van der Waals surface area contributed by atoms with E-state index in [-0.39, 0.29) is 0 Å². The van der Waals surface area contributed by atoms with Crippen molar-refractivity contribution in [3.8, 4) is 6.07 Å². The molecule has 0 bridgehead atoms. The van der Waals surface area contributed by atoms with Crippen molar-refractivity contribution < 1.29 is 4.43 Å². The summed E-state index contributed by atoms with van der Waals surface area (Å²) in [6.07, 6.45) is 1.61. The van der Waals surface area contributed by atoms with E-state index in [1.807, 2.05) is 30.5 Å². The van der Waals surface area contributed by atoms with Crippen LogP contribution in [0.2, 0.25) is 19.6 Å². The fourth-order valence-corrected chi connectivity index (χ4v) is 2.61. The monoisotopic (exact) mass is 251 g/mol. The average molecular weight is 251 g/mol. The molecular formula is C12H17NOSSi. The first kappa shape index (κ1) is 13.3. The number of nitrogens with zero attached hydrogens (tertiary/aromatic N) is 1. The minimum absolute atomic E-state index is 0.428. The molecular weight excluding hydrogens is 234 g/mol. The molecule has 16 heavy (non-hydrogen) atoms. The molecule has 1 unspecified atom stereocenters. The highest BCUT2D eigenvalue weighted by Crippen LogP contribution is 2.24. The van der Waals surface area contributed by atoms with Gasteiger partial charge in [0.1, 0.15) is 0 Å². The Bertz CT molecular complexity index is 377. The van der Waals surface area contributed by atoms with Crippen molar-refractivity contribution >= 4 is 20.1 Å². The molecule has 1 rings (SSSR count). The number of benzene rings is 1. The third-order valence-corrected chi connectivity index (χ3v) is 3.69. The summed E-state index contributed by atoms with van der Waals surface area (Å²) in [6.45, 7) is 6.27. The van der Waals surface area contributed by atoms with Gasteiger partial charge in [-0.2, -0.15) is 5.26 Å². The predicted molar refractivity (Wildman–Crippen MR) is 71.0 cm³/mol. The largest absolute Gasteiger partial charge is 0.399 e. The summed E-state index contributed by atoms with van der Waals surface area (Å²) in [7, 11) is -1.67. The summed E-state index contributed by atoms with van der Waals surface area (Å²) >= 11 is 1.69. The average Bonchev–Trinajstić information content (AvgIpc) is 2.25. The zero-order chi connectivity index (χ0) is 12.2. The topological polar surface area (TPSA) is 33.0 Å². The Morgan fingerprint density at radius 3 is 2.19 bits per heavy atom. The summed E-state index contributed by atoms with van der Waals surface area (Å²) in [5.74, 6) is 0. The lowest BCUT2D eigenvalue weighted by Gasteiger charge is -2.21. The van der Waals surface area contributed by atoms with E-state index >= 15 is 0 Å². The molecule has 4 heteroatoms. The quantitative estimate of drug-likeness (QED) is 0.602. The van der Waals surface area contributed by atoms with Gasteiger partial charge in [0.15, 0.2) is 14.4 Å². The molecule has 86 valence electrons. The van der Waals surface area contributed by atoms with Crippen LogP contribution < -0.4 is 0 Å². The third kappa shape index (κ3) is 4.01. The second kappa shape index (κ2) is 5.53. The molecule has 0 saturated carbocycles. The van der Waals surface area contributed by atoms with Crippen molar-refractivity contribution in [2.75, 3.05) is 6.26 Å². The second-order valence-electron chi connectivity index (χ2n) is 4.51. The number of hydrogen-bond donors (Lipinski definition) is 0. The molecule has 0 aromatic heterocycles. The molecule has 0 saturated heterocycles. The summed E-state index contributed by atoms with van der Waals surface area (Å²) in [5.41, 5.74) is 0.947. The molecule has 0 N–H and O–H groups in total. The van der Waals surface area contributed by atoms with Gasteiger partial charge in [-0.05, 0) is 43.6 Å². The fraction of sp³-hybridized carbons (Fsp3) is 0.417. The molecule has 1 atom stereocenters. The van der Waals surface area contributed by atoms with Crippen LogP contribution in [0.5, 0.6) is 0 Å². The van der Waals surface area contributed by atoms with Crippen molar-refractivity contribution in [1.82, 2.24) is 0 Å². The third-order valence-electron chi connectivity index (χ3n) is 2.01. The van der Waals surface area contributed by atoms with Crippen LogP contribution in [0.25, 0.3) is 0 Å². The normalized spacial score (nSPS) is 13.2. The Morgan fingerprint density at radius 1 is 1.25 bits per heavy atom. The molecule has 0 amide bonds. The molecule has 0 fully saturated rings. The van der Waals surface area contributed by atoms with Gasteiger partial charge in [0.05, 0.1) is 6.07 Å². The Balaban J connectivity index is 2.84. The highest BCUT2D eigenvalue weighted by atomic mass is 32.2. The maximum atomic E-state index is 9.11. The first-order chi connectivity index (χ1) is 7.46. The lowest BCUT2D eigenvalue weighted by atomic mass is 10.1. The van der Waals surface area contributed by atoms with Gasteiger partial charge in [-0.3, -0.25) is 0 Å². The van der Waals surface area contributed by atoms with Gasteiger partial charge >= 0.3 is 0 Å². The Kier molecular flexibility index (Phi) is 4.60. The van der Waals surface area contributed by atoms with Crippen molar-refractivity contribution in [3.05, 3.63) is 29.8 Å². The van der Waals surface area contributed by atoms with Crippen molar-refractivity contribution in [2.24, 2.45) is 0 Å². The lowest BCUT2D eigenvalue weighted by molar-refractivity contribution is 0.255. The smallest absolute Gasteiger partial charge is 0.186 e. The first-order valence-corrected chi connectivity index (χ1v) is 9.81. The number of thioether (sulfide) groups is 1. The summed E-state index contributed by atoms with van der Waals surface area (Å²) < 4.78 is 5.82. The van der Waals surface area contributed by atoms with Gasteiger partial charge in [0, 0.05) is 4.90 Å². The van der Waals surface area contributed by atoms with E-state index in [4.69, 9.17) is 9.69 Å². The van der Waals surface area contributed by atoms with Crippen LogP contribution in [0.1, 0.15) is 11.7 Å². The molecule has 0 aliphatic rings. The molecule has 0 radical (unpaired) electrons. The van der Waals surface area contributed by atoms with Crippen LogP contribution in [-0.4, -0.2) is 14.6 Å². The van der Waals surface area contributed by atoms with Gasteiger partial charge < -0.3 is 4.43 Å². The maximum absolute atomic E-state index is 9.11. The molecule has 1 aromatic carbocycles. The SMILES string of the molecule is CSc1ccc(C(C#N)O[Si](C)(C)C)cc1. The molecule has 0 aliphatic heterocycles. The predicted octanol–water partition coefficient (Wildman–Crippen LogP) is 3.82. The van der Waals surface area contributed by atoms with E-state index in [0.717, 1.165) is 5.56 Å². The molecule has 2 nitrogen and oxygen atoms in total.